The highest BCUT2D eigenvalue weighted by Crippen LogP contribution is 2.23. The Labute approximate surface area is 150 Å². The van der Waals surface area contributed by atoms with Crippen LogP contribution in [0.25, 0.3) is 11.5 Å². The summed E-state index contributed by atoms with van der Waals surface area (Å²) in [4.78, 5) is 13.4. The zero-order valence-electron chi connectivity index (χ0n) is 14.4. The molecule has 0 unspecified atom stereocenters. The van der Waals surface area contributed by atoms with Crippen LogP contribution in [0.1, 0.15) is 28.4 Å². The molecule has 2 aromatic carbocycles. The molecule has 0 spiro atoms. The van der Waals surface area contributed by atoms with Gasteiger partial charge in [-0.2, -0.15) is 0 Å². The monoisotopic (exact) mass is 353 g/mol. The van der Waals surface area contributed by atoms with Gasteiger partial charge in [0, 0.05) is 16.0 Å². The number of carbonyl (C=O) groups excluding carboxylic acids is 1. The second-order valence-corrected chi connectivity index (χ2v) is 7.04. The second kappa shape index (κ2) is 7.53. The Bertz CT molecular complexity index is 868. The van der Waals surface area contributed by atoms with E-state index in [1.807, 2.05) is 38.1 Å². The minimum Gasteiger partial charge on any atom is -0.403 e. The molecule has 5 nitrogen and oxygen atoms in total. The summed E-state index contributed by atoms with van der Waals surface area (Å²) in [6, 6.07) is 13.5. The topological polar surface area (TPSA) is 68.0 Å². The van der Waals surface area contributed by atoms with Gasteiger partial charge >= 0.3 is 6.01 Å². The Morgan fingerprint density at radius 1 is 1.08 bits per heavy atom. The first kappa shape index (κ1) is 17.2. The Balaban J connectivity index is 1.73. The molecule has 1 N–H and O–H groups in total. The molecule has 25 heavy (non-hydrogen) atoms. The number of hydrogen-bond acceptors (Lipinski definition) is 5. The number of rotatable bonds is 5. The number of nitrogens with one attached hydrogen (secondary N) is 1. The zero-order valence-corrected chi connectivity index (χ0v) is 15.2. The summed E-state index contributed by atoms with van der Waals surface area (Å²) in [5.74, 6) is 1.11. The van der Waals surface area contributed by atoms with Crippen LogP contribution in [0.15, 0.2) is 51.8 Å². The van der Waals surface area contributed by atoms with E-state index >= 15 is 0 Å². The minimum absolute atomic E-state index is 0.0890. The molecule has 1 amide bonds. The van der Waals surface area contributed by atoms with Crippen LogP contribution in [0.2, 0.25) is 0 Å². The van der Waals surface area contributed by atoms with E-state index in [-0.39, 0.29) is 11.9 Å². The molecule has 0 saturated carbocycles. The molecule has 0 aliphatic carbocycles. The number of carbonyl (C=O) groups is 1. The Hall–Kier alpha value is -2.60. The number of benzene rings is 2. The predicted molar refractivity (Wildman–Crippen MR) is 100 cm³/mol. The standard InChI is InChI=1S/C19H19N3O2S/c1-4-25-16-7-5-14(6-8-16)17(23)20-19-22-21-18(24-19)15-10-12(2)9-13(3)11-15/h5-11H,4H2,1-3H3,(H,20,22,23). The average molecular weight is 353 g/mol. The van der Waals surface area contributed by atoms with Crippen LogP contribution < -0.4 is 5.32 Å². The Morgan fingerprint density at radius 3 is 2.40 bits per heavy atom. The van der Waals surface area contributed by atoms with Crippen molar-refractivity contribution < 1.29 is 9.21 Å². The summed E-state index contributed by atoms with van der Waals surface area (Å²) in [7, 11) is 0. The molecular formula is C19H19N3O2S. The maximum absolute atomic E-state index is 12.3. The molecule has 3 aromatic rings. The number of amides is 1. The summed E-state index contributed by atoms with van der Waals surface area (Å²) in [5, 5.41) is 10.6. The SMILES string of the molecule is CCSc1ccc(C(=O)Nc2nnc(-c3cc(C)cc(C)c3)o2)cc1. The fraction of sp³-hybridized carbons (Fsp3) is 0.211. The van der Waals surface area contributed by atoms with Gasteiger partial charge in [0.15, 0.2) is 0 Å². The third-order valence-corrected chi connectivity index (χ3v) is 4.44. The van der Waals surface area contributed by atoms with Crippen LogP contribution in [0, 0.1) is 13.8 Å². The number of aryl methyl sites for hydroxylation is 2. The van der Waals surface area contributed by atoms with Crippen molar-refractivity contribution in [3.05, 3.63) is 59.2 Å². The molecule has 3 rings (SSSR count). The molecule has 0 fully saturated rings. The first-order valence-electron chi connectivity index (χ1n) is 8.01. The number of aromatic nitrogens is 2. The highest BCUT2D eigenvalue weighted by Gasteiger charge is 2.13. The van der Waals surface area contributed by atoms with Gasteiger partial charge in [-0.25, -0.2) is 0 Å². The second-order valence-electron chi connectivity index (χ2n) is 5.70. The van der Waals surface area contributed by atoms with Crippen molar-refractivity contribution >= 4 is 23.7 Å². The summed E-state index contributed by atoms with van der Waals surface area (Å²) in [6.07, 6.45) is 0. The van der Waals surface area contributed by atoms with Crippen molar-refractivity contribution in [3.63, 3.8) is 0 Å². The van der Waals surface area contributed by atoms with Crippen LogP contribution >= 0.6 is 11.8 Å². The molecule has 0 aliphatic heterocycles. The molecule has 1 heterocycles. The quantitative estimate of drug-likeness (QED) is 0.672. The number of nitrogens with zero attached hydrogens (tertiary/aromatic N) is 2. The lowest BCUT2D eigenvalue weighted by Crippen LogP contribution is -2.11. The molecule has 0 aliphatic rings. The van der Waals surface area contributed by atoms with Crippen molar-refractivity contribution in [1.29, 1.82) is 0 Å². The third-order valence-electron chi connectivity index (χ3n) is 3.54. The predicted octanol–water partition coefficient (Wildman–Crippen LogP) is 4.72. The molecule has 0 atom stereocenters. The highest BCUT2D eigenvalue weighted by molar-refractivity contribution is 7.99. The van der Waals surface area contributed by atoms with Crippen LogP contribution in [-0.2, 0) is 0 Å². The normalized spacial score (nSPS) is 10.7. The largest absolute Gasteiger partial charge is 0.403 e. The lowest BCUT2D eigenvalue weighted by atomic mass is 10.1. The molecule has 0 bridgehead atoms. The van der Waals surface area contributed by atoms with Crippen LogP contribution in [0.3, 0.4) is 0 Å². The van der Waals surface area contributed by atoms with E-state index in [0.29, 0.717) is 11.5 Å². The molecular weight excluding hydrogens is 334 g/mol. The fourth-order valence-corrected chi connectivity index (χ4v) is 3.19. The lowest BCUT2D eigenvalue weighted by molar-refractivity contribution is 0.102. The smallest absolute Gasteiger partial charge is 0.322 e. The first-order chi connectivity index (χ1) is 12.0. The Kier molecular flexibility index (Phi) is 5.19. The van der Waals surface area contributed by atoms with E-state index in [9.17, 15) is 4.79 Å². The van der Waals surface area contributed by atoms with E-state index < -0.39 is 0 Å². The van der Waals surface area contributed by atoms with Gasteiger partial charge in [0.2, 0.25) is 5.89 Å². The van der Waals surface area contributed by atoms with E-state index in [4.69, 9.17) is 4.42 Å². The summed E-state index contributed by atoms with van der Waals surface area (Å²) < 4.78 is 5.58. The van der Waals surface area contributed by atoms with Crippen LogP contribution in [0.4, 0.5) is 6.01 Å². The lowest BCUT2D eigenvalue weighted by Gasteiger charge is -2.03. The number of thioether (sulfide) groups is 1. The van der Waals surface area contributed by atoms with Crippen LogP contribution in [0.5, 0.6) is 0 Å². The van der Waals surface area contributed by atoms with Gasteiger partial charge < -0.3 is 4.42 Å². The molecule has 0 radical (unpaired) electrons. The maximum Gasteiger partial charge on any atom is 0.322 e. The minimum atomic E-state index is -0.274. The van der Waals surface area contributed by atoms with Gasteiger partial charge in [0.05, 0.1) is 0 Å². The number of anilines is 1. The van der Waals surface area contributed by atoms with E-state index in [1.165, 1.54) is 0 Å². The van der Waals surface area contributed by atoms with E-state index in [2.05, 4.69) is 28.5 Å². The first-order valence-corrected chi connectivity index (χ1v) is 9.00. The molecule has 0 saturated heterocycles. The van der Waals surface area contributed by atoms with Gasteiger partial charge in [0.25, 0.3) is 5.91 Å². The van der Waals surface area contributed by atoms with Gasteiger partial charge in [-0.05, 0) is 56.0 Å². The molecule has 1 aromatic heterocycles. The molecule has 128 valence electrons. The Morgan fingerprint density at radius 2 is 1.76 bits per heavy atom. The highest BCUT2D eigenvalue weighted by atomic mass is 32.2. The summed E-state index contributed by atoms with van der Waals surface area (Å²) >= 11 is 1.73. The van der Waals surface area contributed by atoms with Crippen molar-refractivity contribution in [2.45, 2.75) is 25.7 Å². The summed E-state index contributed by atoms with van der Waals surface area (Å²) in [5.41, 5.74) is 3.62. The number of hydrogen-bond donors (Lipinski definition) is 1. The van der Waals surface area contributed by atoms with Gasteiger partial charge in [-0.1, -0.05) is 29.2 Å². The van der Waals surface area contributed by atoms with Crippen molar-refractivity contribution in [2.24, 2.45) is 0 Å². The van der Waals surface area contributed by atoms with Crippen LogP contribution in [-0.4, -0.2) is 21.9 Å². The van der Waals surface area contributed by atoms with E-state index in [1.54, 1.807) is 23.9 Å². The zero-order chi connectivity index (χ0) is 17.8. The third kappa shape index (κ3) is 4.28. The van der Waals surface area contributed by atoms with Crippen molar-refractivity contribution in [1.82, 2.24) is 10.2 Å². The van der Waals surface area contributed by atoms with E-state index in [0.717, 1.165) is 27.3 Å². The maximum atomic E-state index is 12.3. The van der Waals surface area contributed by atoms with Gasteiger partial charge in [0.1, 0.15) is 0 Å². The van der Waals surface area contributed by atoms with Crippen molar-refractivity contribution in [3.8, 4) is 11.5 Å². The average Bonchev–Trinajstić information content (AvgIpc) is 3.03. The summed E-state index contributed by atoms with van der Waals surface area (Å²) in [6.45, 7) is 6.11. The fourth-order valence-electron chi connectivity index (χ4n) is 2.53. The van der Waals surface area contributed by atoms with Gasteiger partial charge in [-0.3, -0.25) is 10.1 Å². The van der Waals surface area contributed by atoms with Crippen molar-refractivity contribution in [2.75, 3.05) is 11.1 Å². The van der Waals surface area contributed by atoms with Gasteiger partial charge in [-0.15, -0.1) is 16.9 Å². The molecule has 6 heteroatoms.